The average Bonchev–Trinajstić information content (AvgIpc) is 2.91. The Morgan fingerprint density at radius 3 is 1.46 bits per heavy atom. The second-order valence-electron chi connectivity index (χ2n) is 10.9. The monoisotopic (exact) mass is 536 g/mol. The lowest BCUT2D eigenvalue weighted by Crippen LogP contribution is -2.25. The number of benzene rings is 2. The highest BCUT2D eigenvalue weighted by Gasteiger charge is 2.08. The quantitative estimate of drug-likeness (QED) is 0.180. The Morgan fingerprint density at radius 1 is 0.615 bits per heavy atom. The van der Waals surface area contributed by atoms with Crippen LogP contribution in [0.4, 0.5) is 11.4 Å². The van der Waals surface area contributed by atoms with Gasteiger partial charge in [-0.1, -0.05) is 76.6 Å². The summed E-state index contributed by atoms with van der Waals surface area (Å²) < 4.78 is 0. The van der Waals surface area contributed by atoms with Crippen molar-refractivity contribution in [3.63, 3.8) is 0 Å². The van der Waals surface area contributed by atoms with Crippen LogP contribution in [0.5, 0.6) is 0 Å². The van der Waals surface area contributed by atoms with Gasteiger partial charge >= 0.3 is 0 Å². The molecular formula is C33H52N4O2. The first-order valence-electron chi connectivity index (χ1n) is 15.0. The summed E-state index contributed by atoms with van der Waals surface area (Å²) in [5, 5.41) is 6.11. The molecule has 216 valence electrons. The zero-order valence-corrected chi connectivity index (χ0v) is 24.9. The fourth-order valence-electron chi connectivity index (χ4n) is 4.63. The summed E-state index contributed by atoms with van der Waals surface area (Å²) in [7, 11) is 4.18. The van der Waals surface area contributed by atoms with Gasteiger partial charge in [0.2, 0.25) is 11.8 Å². The molecule has 0 radical (unpaired) electrons. The number of nitrogens with zero attached hydrogens (tertiary/aromatic N) is 2. The first kappa shape index (κ1) is 32.5. The minimum Gasteiger partial charge on any atom is -0.326 e. The summed E-state index contributed by atoms with van der Waals surface area (Å²) in [6.07, 6.45) is 11.6. The molecule has 0 aliphatic rings. The fourth-order valence-corrected chi connectivity index (χ4v) is 4.63. The topological polar surface area (TPSA) is 64.7 Å². The van der Waals surface area contributed by atoms with Gasteiger partial charge < -0.3 is 20.4 Å². The van der Waals surface area contributed by atoms with Crippen LogP contribution in [0.1, 0.15) is 89.2 Å². The average molecular weight is 537 g/mol. The van der Waals surface area contributed by atoms with E-state index in [9.17, 15) is 9.59 Å². The van der Waals surface area contributed by atoms with E-state index in [0.717, 1.165) is 55.1 Å². The normalized spacial score (nSPS) is 11.2. The van der Waals surface area contributed by atoms with Crippen LogP contribution in [0, 0.1) is 0 Å². The lowest BCUT2D eigenvalue weighted by molar-refractivity contribution is -0.117. The van der Waals surface area contributed by atoms with Crippen molar-refractivity contribution in [2.45, 2.75) is 84.5 Å². The summed E-state index contributed by atoms with van der Waals surface area (Å²) in [5.41, 5.74) is 3.89. The molecule has 2 N–H and O–H groups in total. The van der Waals surface area contributed by atoms with Crippen molar-refractivity contribution in [1.29, 1.82) is 0 Å². The van der Waals surface area contributed by atoms with Gasteiger partial charge in [0, 0.05) is 37.3 Å². The van der Waals surface area contributed by atoms with E-state index in [1.165, 1.54) is 51.4 Å². The number of hydrogen-bond donors (Lipinski definition) is 2. The van der Waals surface area contributed by atoms with Crippen LogP contribution in [0.15, 0.2) is 48.5 Å². The third kappa shape index (κ3) is 14.9. The van der Waals surface area contributed by atoms with Crippen molar-refractivity contribution in [2.75, 3.05) is 50.9 Å². The molecule has 6 nitrogen and oxygen atoms in total. The zero-order chi connectivity index (χ0) is 28.3. The summed E-state index contributed by atoms with van der Waals surface area (Å²) in [4.78, 5) is 29.5. The predicted molar refractivity (Wildman–Crippen MR) is 165 cm³/mol. The maximum absolute atomic E-state index is 12.5. The highest BCUT2D eigenvalue weighted by atomic mass is 16.2. The molecule has 0 aliphatic heterocycles. The van der Waals surface area contributed by atoms with Crippen molar-refractivity contribution in [3.05, 3.63) is 59.7 Å². The second kappa shape index (κ2) is 19.4. The zero-order valence-electron chi connectivity index (χ0n) is 24.9. The molecule has 0 atom stereocenters. The number of carbonyl (C=O) groups is 2. The molecule has 0 aliphatic carbocycles. The van der Waals surface area contributed by atoms with E-state index >= 15 is 0 Å². The smallest absolute Gasteiger partial charge is 0.225 e. The van der Waals surface area contributed by atoms with Crippen LogP contribution >= 0.6 is 0 Å². The van der Waals surface area contributed by atoms with E-state index in [4.69, 9.17) is 0 Å². The van der Waals surface area contributed by atoms with Crippen molar-refractivity contribution in [1.82, 2.24) is 9.80 Å². The van der Waals surface area contributed by atoms with Crippen molar-refractivity contribution < 1.29 is 9.59 Å². The molecule has 0 saturated heterocycles. The van der Waals surface area contributed by atoms with Gasteiger partial charge in [0.1, 0.15) is 0 Å². The van der Waals surface area contributed by atoms with Gasteiger partial charge in [0.25, 0.3) is 0 Å². The predicted octanol–water partition coefficient (Wildman–Crippen LogP) is 6.96. The van der Waals surface area contributed by atoms with Gasteiger partial charge in [0.15, 0.2) is 0 Å². The third-order valence-electron chi connectivity index (χ3n) is 7.06. The Balaban J connectivity index is 1.78. The molecular weight excluding hydrogens is 484 g/mol. The van der Waals surface area contributed by atoms with E-state index in [1.54, 1.807) is 0 Å². The number of amides is 2. The van der Waals surface area contributed by atoms with Crippen molar-refractivity contribution in [2.24, 2.45) is 0 Å². The van der Waals surface area contributed by atoms with Gasteiger partial charge in [-0.2, -0.15) is 0 Å². The molecule has 0 fully saturated rings. The number of unbranched alkanes of at least 4 members (excludes halogenated alkanes) is 6. The fraction of sp³-hybridized carbons (Fsp3) is 0.576. The van der Waals surface area contributed by atoms with Crippen molar-refractivity contribution in [3.8, 4) is 0 Å². The van der Waals surface area contributed by atoms with E-state index in [2.05, 4.69) is 60.5 Å². The van der Waals surface area contributed by atoms with Gasteiger partial charge in [-0.05, 0) is 81.8 Å². The molecule has 2 aromatic rings. The minimum atomic E-state index is 0.0453. The Bertz CT molecular complexity index is 900. The Labute approximate surface area is 237 Å². The molecule has 0 bridgehead atoms. The van der Waals surface area contributed by atoms with Crippen LogP contribution in [0.25, 0.3) is 0 Å². The van der Waals surface area contributed by atoms with E-state index in [0.29, 0.717) is 12.8 Å². The molecule has 39 heavy (non-hydrogen) atoms. The summed E-state index contributed by atoms with van der Waals surface area (Å²) in [5.74, 6) is 0.0905. The van der Waals surface area contributed by atoms with Crippen LogP contribution in [0.2, 0.25) is 0 Å². The minimum absolute atomic E-state index is 0.0453. The number of anilines is 2. The molecule has 2 rings (SSSR count). The molecule has 6 heteroatoms. The Morgan fingerprint density at radius 2 is 1.05 bits per heavy atom. The molecule has 0 saturated carbocycles. The number of rotatable bonds is 20. The molecule has 0 heterocycles. The summed E-state index contributed by atoms with van der Waals surface area (Å²) >= 11 is 0. The van der Waals surface area contributed by atoms with Gasteiger partial charge in [-0.15, -0.1) is 0 Å². The number of carbonyl (C=O) groups excluding carboxylic acids is 2. The SMILES string of the molecule is CCCCCCN(C)CCC(=O)Nc1cccc(Cc2cccc(NC(=O)CCN(C)CCCCCC)c2)c1. The third-order valence-corrected chi connectivity index (χ3v) is 7.06. The number of hydrogen-bond acceptors (Lipinski definition) is 4. The standard InChI is InChI=1S/C33H52N4O2/c1-5-7-9-11-21-36(3)23-19-32(38)34-30-17-13-15-28(26-30)25-29-16-14-18-31(27-29)35-33(39)20-24-37(4)22-12-10-8-6-2/h13-18,26-27H,5-12,19-25H2,1-4H3,(H,34,38)(H,35,39). The van der Waals surface area contributed by atoms with Gasteiger partial charge in [-0.3, -0.25) is 9.59 Å². The van der Waals surface area contributed by atoms with Crippen LogP contribution in [-0.4, -0.2) is 61.9 Å². The summed E-state index contributed by atoms with van der Waals surface area (Å²) in [6, 6.07) is 16.1. The maximum atomic E-state index is 12.5. The molecule has 2 aromatic carbocycles. The van der Waals surface area contributed by atoms with E-state index in [1.807, 2.05) is 36.4 Å². The summed E-state index contributed by atoms with van der Waals surface area (Å²) in [6.45, 7) is 8.06. The first-order valence-corrected chi connectivity index (χ1v) is 15.0. The Kier molecular flexibility index (Phi) is 16.2. The second-order valence-corrected chi connectivity index (χ2v) is 10.9. The lowest BCUT2D eigenvalue weighted by Gasteiger charge is -2.16. The molecule has 2 amide bonds. The van der Waals surface area contributed by atoms with Crippen LogP contribution in [0.3, 0.4) is 0 Å². The van der Waals surface area contributed by atoms with E-state index < -0.39 is 0 Å². The van der Waals surface area contributed by atoms with Crippen LogP contribution in [-0.2, 0) is 16.0 Å². The van der Waals surface area contributed by atoms with Gasteiger partial charge in [0.05, 0.1) is 0 Å². The Hall–Kier alpha value is -2.70. The maximum Gasteiger partial charge on any atom is 0.225 e. The lowest BCUT2D eigenvalue weighted by atomic mass is 10.0. The largest absolute Gasteiger partial charge is 0.326 e. The highest BCUT2D eigenvalue weighted by Crippen LogP contribution is 2.18. The number of nitrogens with one attached hydrogen (secondary N) is 2. The molecule has 0 spiro atoms. The van der Waals surface area contributed by atoms with Crippen molar-refractivity contribution >= 4 is 23.2 Å². The molecule has 0 unspecified atom stereocenters. The van der Waals surface area contributed by atoms with Crippen LogP contribution < -0.4 is 10.6 Å². The highest BCUT2D eigenvalue weighted by molar-refractivity contribution is 5.91. The van der Waals surface area contributed by atoms with Gasteiger partial charge in [-0.25, -0.2) is 0 Å². The molecule has 0 aromatic heterocycles. The first-order chi connectivity index (χ1) is 18.9. The van der Waals surface area contributed by atoms with E-state index in [-0.39, 0.29) is 11.8 Å².